The molecule has 0 spiro atoms. The maximum absolute atomic E-state index is 12.5. The Morgan fingerprint density at radius 3 is 2.48 bits per heavy atom. The second-order valence-corrected chi connectivity index (χ2v) is 5.55. The molecule has 0 bridgehead atoms. The molecule has 6 nitrogen and oxygen atoms in total. The topological polar surface area (TPSA) is 72.6 Å². The largest absolute Gasteiger partial charge is 0.468 e. The summed E-state index contributed by atoms with van der Waals surface area (Å²) in [6.45, 7) is 5.50. The number of aryl methyl sites for hydroxylation is 1. The van der Waals surface area contributed by atoms with Gasteiger partial charge >= 0.3 is 5.97 Å². The third-order valence-electron chi connectivity index (χ3n) is 3.48. The molecule has 6 heteroatoms. The fourth-order valence-electron chi connectivity index (χ4n) is 2.07. The molecule has 1 amide bonds. The number of amides is 1. The van der Waals surface area contributed by atoms with Crippen LogP contribution in [0.15, 0.2) is 34.9 Å². The third kappa shape index (κ3) is 3.97. The lowest BCUT2D eigenvalue weighted by Gasteiger charge is -2.23. The standard InChI is InChI=1S/C17H20N2O4/c1-11(2)19(10-16(20)22-4)17(21)15-9-14(18-23-15)13-7-5-12(3)6-8-13/h5-9,11H,10H2,1-4H3. The highest BCUT2D eigenvalue weighted by atomic mass is 16.5. The first kappa shape index (κ1) is 16.7. The quantitative estimate of drug-likeness (QED) is 0.793. The fraction of sp³-hybridized carbons (Fsp3) is 0.353. The number of carbonyl (C=O) groups excluding carboxylic acids is 2. The van der Waals surface area contributed by atoms with E-state index in [0.717, 1.165) is 11.1 Å². The normalized spacial score (nSPS) is 10.7. The van der Waals surface area contributed by atoms with Gasteiger partial charge in [0.05, 0.1) is 7.11 Å². The monoisotopic (exact) mass is 316 g/mol. The number of aromatic nitrogens is 1. The summed E-state index contributed by atoms with van der Waals surface area (Å²) >= 11 is 0. The summed E-state index contributed by atoms with van der Waals surface area (Å²) in [5.74, 6) is -0.778. The molecular formula is C17H20N2O4. The van der Waals surface area contributed by atoms with E-state index < -0.39 is 11.9 Å². The van der Waals surface area contributed by atoms with Crippen LogP contribution in [-0.2, 0) is 9.53 Å². The summed E-state index contributed by atoms with van der Waals surface area (Å²) in [6.07, 6.45) is 0. The van der Waals surface area contributed by atoms with Gasteiger partial charge in [0.25, 0.3) is 5.91 Å². The van der Waals surface area contributed by atoms with Crippen molar-refractivity contribution in [3.8, 4) is 11.3 Å². The van der Waals surface area contributed by atoms with E-state index in [1.54, 1.807) is 6.07 Å². The van der Waals surface area contributed by atoms with Crippen LogP contribution >= 0.6 is 0 Å². The molecule has 0 saturated carbocycles. The van der Waals surface area contributed by atoms with E-state index in [9.17, 15) is 9.59 Å². The number of ether oxygens (including phenoxy) is 1. The lowest BCUT2D eigenvalue weighted by molar-refractivity contribution is -0.141. The minimum atomic E-state index is -0.481. The van der Waals surface area contributed by atoms with Crippen LogP contribution in [0.1, 0.15) is 30.0 Å². The van der Waals surface area contributed by atoms with Crippen molar-refractivity contribution in [3.63, 3.8) is 0 Å². The minimum Gasteiger partial charge on any atom is -0.468 e. The van der Waals surface area contributed by atoms with Crippen LogP contribution in [-0.4, -0.2) is 41.6 Å². The molecular weight excluding hydrogens is 296 g/mol. The number of rotatable bonds is 5. The van der Waals surface area contributed by atoms with Gasteiger partial charge in [0.15, 0.2) is 0 Å². The summed E-state index contributed by atoms with van der Waals surface area (Å²) in [6, 6.07) is 9.16. The molecule has 23 heavy (non-hydrogen) atoms. The van der Waals surface area contributed by atoms with Gasteiger partial charge < -0.3 is 14.2 Å². The van der Waals surface area contributed by atoms with Crippen molar-refractivity contribution >= 4 is 11.9 Å². The predicted molar refractivity (Wildman–Crippen MR) is 84.9 cm³/mol. The molecule has 0 N–H and O–H groups in total. The van der Waals surface area contributed by atoms with E-state index in [1.165, 1.54) is 12.0 Å². The smallest absolute Gasteiger partial charge is 0.325 e. The molecule has 1 aromatic carbocycles. The van der Waals surface area contributed by atoms with E-state index in [-0.39, 0.29) is 18.3 Å². The second kappa shape index (κ2) is 7.09. The molecule has 0 atom stereocenters. The predicted octanol–water partition coefficient (Wildman–Crippen LogP) is 2.67. The van der Waals surface area contributed by atoms with Crippen LogP contribution in [0.2, 0.25) is 0 Å². The van der Waals surface area contributed by atoms with Gasteiger partial charge in [-0.3, -0.25) is 9.59 Å². The molecule has 1 aromatic heterocycles. The van der Waals surface area contributed by atoms with Crippen molar-refractivity contribution in [1.82, 2.24) is 10.1 Å². The number of hydrogen-bond donors (Lipinski definition) is 0. The number of hydrogen-bond acceptors (Lipinski definition) is 5. The first-order valence-electron chi connectivity index (χ1n) is 7.34. The van der Waals surface area contributed by atoms with Crippen molar-refractivity contribution in [1.29, 1.82) is 0 Å². The molecule has 0 aliphatic rings. The number of esters is 1. The molecule has 0 saturated heterocycles. The van der Waals surface area contributed by atoms with Crippen LogP contribution in [0.25, 0.3) is 11.3 Å². The molecule has 0 fully saturated rings. The Balaban J connectivity index is 2.22. The first-order chi connectivity index (χ1) is 10.9. The van der Waals surface area contributed by atoms with Gasteiger partial charge in [-0.2, -0.15) is 0 Å². The van der Waals surface area contributed by atoms with Crippen molar-refractivity contribution in [2.24, 2.45) is 0 Å². The maximum Gasteiger partial charge on any atom is 0.325 e. The zero-order valence-electron chi connectivity index (χ0n) is 13.7. The summed E-state index contributed by atoms with van der Waals surface area (Å²) in [5.41, 5.74) is 2.58. The van der Waals surface area contributed by atoms with Gasteiger partial charge in [-0.15, -0.1) is 0 Å². The van der Waals surface area contributed by atoms with Crippen molar-refractivity contribution in [2.45, 2.75) is 26.8 Å². The highest BCUT2D eigenvalue weighted by Gasteiger charge is 2.25. The highest BCUT2D eigenvalue weighted by molar-refractivity contribution is 5.94. The molecule has 0 unspecified atom stereocenters. The molecule has 2 aromatic rings. The molecule has 0 radical (unpaired) electrons. The van der Waals surface area contributed by atoms with Crippen LogP contribution in [0, 0.1) is 6.92 Å². The van der Waals surface area contributed by atoms with Gasteiger partial charge in [0, 0.05) is 17.7 Å². The van der Waals surface area contributed by atoms with E-state index >= 15 is 0 Å². The van der Waals surface area contributed by atoms with Crippen molar-refractivity contribution in [3.05, 3.63) is 41.7 Å². The van der Waals surface area contributed by atoms with Gasteiger partial charge in [-0.05, 0) is 20.8 Å². The van der Waals surface area contributed by atoms with E-state index in [0.29, 0.717) is 5.69 Å². The van der Waals surface area contributed by atoms with Gasteiger partial charge in [0.1, 0.15) is 12.2 Å². The number of nitrogens with zero attached hydrogens (tertiary/aromatic N) is 2. The van der Waals surface area contributed by atoms with Crippen molar-refractivity contribution < 1.29 is 18.8 Å². The van der Waals surface area contributed by atoms with Gasteiger partial charge in [0.2, 0.25) is 5.76 Å². The van der Waals surface area contributed by atoms with Crippen LogP contribution in [0.3, 0.4) is 0 Å². The van der Waals surface area contributed by atoms with Crippen LogP contribution in [0.5, 0.6) is 0 Å². The summed E-state index contributed by atoms with van der Waals surface area (Å²) < 4.78 is 9.79. The Kier molecular flexibility index (Phi) is 5.16. The highest BCUT2D eigenvalue weighted by Crippen LogP contribution is 2.21. The van der Waals surface area contributed by atoms with Gasteiger partial charge in [-0.1, -0.05) is 35.0 Å². The summed E-state index contributed by atoms with van der Waals surface area (Å²) in [5, 5.41) is 3.94. The minimum absolute atomic E-state index is 0.0955. The number of carbonyl (C=O) groups is 2. The molecule has 2 rings (SSSR count). The number of benzene rings is 1. The SMILES string of the molecule is COC(=O)CN(C(=O)c1cc(-c2ccc(C)cc2)no1)C(C)C. The van der Waals surface area contributed by atoms with Gasteiger partial charge in [-0.25, -0.2) is 0 Å². The summed E-state index contributed by atoms with van der Waals surface area (Å²) in [7, 11) is 1.29. The molecule has 0 aliphatic heterocycles. The van der Waals surface area contributed by atoms with Crippen LogP contribution in [0.4, 0.5) is 0 Å². The van der Waals surface area contributed by atoms with E-state index in [1.807, 2.05) is 45.0 Å². The zero-order chi connectivity index (χ0) is 17.0. The fourth-order valence-corrected chi connectivity index (χ4v) is 2.07. The lowest BCUT2D eigenvalue weighted by Crippen LogP contribution is -2.40. The Bertz CT molecular complexity index is 689. The molecule has 122 valence electrons. The third-order valence-corrected chi connectivity index (χ3v) is 3.48. The Hall–Kier alpha value is -2.63. The second-order valence-electron chi connectivity index (χ2n) is 5.55. The summed E-state index contributed by atoms with van der Waals surface area (Å²) in [4.78, 5) is 25.4. The Morgan fingerprint density at radius 1 is 1.26 bits per heavy atom. The zero-order valence-corrected chi connectivity index (χ0v) is 13.7. The average Bonchev–Trinajstić information content (AvgIpc) is 3.02. The average molecular weight is 316 g/mol. The van der Waals surface area contributed by atoms with E-state index in [4.69, 9.17) is 4.52 Å². The number of methoxy groups -OCH3 is 1. The Morgan fingerprint density at radius 2 is 1.91 bits per heavy atom. The molecule has 1 heterocycles. The molecule has 0 aliphatic carbocycles. The maximum atomic E-state index is 12.5. The van der Waals surface area contributed by atoms with Crippen molar-refractivity contribution in [2.75, 3.05) is 13.7 Å². The Labute approximate surface area is 135 Å². The first-order valence-corrected chi connectivity index (χ1v) is 7.34. The van der Waals surface area contributed by atoms with Crippen LogP contribution < -0.4 is 0 Å². The lowest BCUT2D eigenvalue weighted by atomic mass is 10.1. The van der Waals surface area contributed by atoms with E-state index in [2.05, 4.69) is 9.89 Å².